The molecule has 0 radical (unpaired) electrons. The van der Waals surface area contributed by atoms with Crippen molar-refractivity contribution in [2.24, 2.45) is 5.92 Å². The number of hydrogen-bond donors (Lipinski definition) is 1. The zero-order valence-electron chi connectivity index (χ0n) is 14.9. The third-order valence-electron chi connectivity index (χ3n) is 4.67. The molecule has 0 saturated heterocycles. The maximum absolute atomic E-state index is 5.75. The molecular weight excluding hydrogens is 328 g/mol. The second-order valence-electron chi connectivity index (χ2n) is 6.58. The van der Waals surface area contributed by atoms with Crippen LogP contribution >= 0.6 is 12.2 Å². The molecule has 1 atom stereocenters. The normalized spacial score (nSPS) is 14.6. The number of anilines is 1. The van der Waals surface area contributed by atoms with Crippen LogP contribution in [-0.2, 0) is 6.54 Å². The Morgan fingerprint density at radius 2 is 1.84 bits per heavy atom. The second-order valence-corrected chi connectivity index (χ2v) is 6.97. The molecule has 4 heteroatoms. The van der Waals surface area contributed by atoms with E-state index in [2.05, 4.69) is 47.5 Å². The predicted molar refractivity (Wildman–Crippen MR) is 108 cm³/mol. The Morgan fingerprint density at radius 1 is 1.16 bits per heavy atom. The van der Waals surface area contributed by atoms with Crippen molar-refractivity contribution in [2.75, 3.05) is 11.9 Å². The summed E-state index contributed by atoms with van der Waals surface area (Å²) in [5.41, 5.74) is 2.28. The average Bonchev–Trinajstić information content (AvgIpc) is 3.47. The number of ether oxygens (including phenoxy) is 1. The van der Waals surface area contributed by atoms with Crippen LogP contribution in [-0.4, -0.2) is 22.7 Å². The van der Waals surface area contributed by atoms with Crippen molar-refractivity contribution in [1.29, 1.82) is 0 Å². The molecule has 2 aromatic carbocycles. The molecule has 25 heavy (non-hydrogen) atoms. The van der Waals surface area contributed by atoms with E-state index in [4.69, 9.17) is 17.0 Å². The van der Waals surface area contributed by atoms with Gasteiger partial charge in [0.15, 0.2) is 5.11 Å². The maximum atomic E-state index is 5.75. The first kappa shape index (κ1) is 17.7. The highest BCUT2D eigenvalue weighted by atomic mass is 32.1. The van der Waals surface area contributed by atoms with E-state index < -0.39 is 0 Å². The van der Waals surface area contributed by atoms with E-state index in [9.17, 15) is 0 Å². The van der Waals surface area contributed by atoms with Crippen molar-refractivity contribution in [2.45, 2.75) is 39.3 Å². The summed E-state index contributed by atoms with van der Waals surface area (Å²) in [5.74, 6) is 1.63. The lowest BCUT2D eigenvalue weighted by Gasteiger charge is -2.32. The summed E-state index contributed by atoms with van der Waals surface area (Å²) in [6.07, 6.45) is 2.61. The number of rotatable bonds is 7. The van der Waals surface area contributed by atoms with Crippen molar-refractivity contribution < 1.29 is 4.74 Å². The molecule has 1 saturated carbocycles. The molecule has 1 aliphatic rings. The number of benzene rings is 2. The zero-order valence-corrected chi connectivity index (χ0v) is 15.8. The molecule has 1 N–H and O–H groups in total. The Hall–Kier alpha value is -2.07. The summed E-state index contributed by atoms with van der Waals surface area (Å²) in [7, 11) is 0. The summed E-state index contributed by atoms with van der Waals surface area (Å²) in [6.45, 7) is 5.78. The molecule has 0 amide bonds. The Morgan fingerprint density at radius 3 is 2.44 bits per heavy atom. The highest BCUT2D eigenvalue weighted by Gasteiger charge is 2.33. The average molecular weight is 355 g/mol. The Kier molecular flexibility index (Phi) is 5.92. The Balaban J connectivity index is 1.69. The molecule has 1 aliphatic carbocycles. The van der Waals surface area contributed by atoms with Gasteiger partial charge in [-0.25, -0.2) is 0 Å². The predicted octanol–water partition coefficient (Wildman–Crippen LogP) is 5.08. The van der Waals surface area contributed by atoms with Gasteiger partial charge in [-0.15, -0.1) is 0 Å². The van der Waals surface area contributed by atoms with Crippen molar-refractivity contribution in [3.05, 3.63) is 60.2 Å². The quantitative estimate of drug-likeness (QED) is 0.701. The van der Waals surface area contributed by atoms with Crippen molar-refractivity contribution >= 4 is 23.0 Å². The van der Waals surface area contributed by atoms with E-state index >= 15 is 0 Å². The molecule has 2 aromatic rings. The van der Waals surface area contributed by atoms with Gasteiger partial charge in [0.25, 0.3) is 0 Å². The summed E-state index contributed by atoms with van der Waals surface area (Å²) in [5, 5.41) is 4.18. The molecule has 3 rings (SSSR count). The minimum Gasteiger partial charge on any atom is -0.494 e. The number of thiocarbonyl (C=S) groups is 1. The first-order valence-corrected chi connectivity index (χ1v) is 9.42. The van der Waals surface area contributed by atoms with Crippen LogP contribution < -0.4 is 10.1 Å². The van der Waals surface area contributed by atoms with Crippen LogP contribution in [0.2, 0.25) is 0 Å². The van der Waals surface area contributed by atoms with Gasteiger partial charge in [0, 0.05) is 18.3 Å². The molecule has 1 fully saturated rings. The van der Waals surface area contributed by atoms with Crippen LogP contribution in [0.4, 0.5) is 5.69 Å². The molecule has 0 spiro atoms. The highest BCUT2D eigenvalue weighted by molar-refractivity contribution is 7.80. The van der Waals surface area contributed by atoms with E-state index in [0.717, 1.165) is 29.0 Å². The summed E-state index contributed by atoms with van der Waals surface area (Å²) < 4.78 is 5.50. The first-order valence-electron chi connectivity index (χ1n) is 9.01. The van der Waals surface area contributed by atoms with Crippen molar-refractivity contribution in [1.82, 2.24) is 4.90 Å². The summed E-state index contributed by atoms with van der Waals surface area (Å²) in [6, 6.07) is 19.0. The fraction of sp³-hybridized carbons (Fsp3) is 0.381. The minimum atomic E-state index is 0.447. The molecule has 0 heterocycles. The highest BCUT2D eigenvalue weighted by Crippen LogP contribution is 2.36. The van der Waals surface area contributed by atoms with Crippen LogP contribution in [0.3, 0.4) is 0 Å². The van der Waals surface area contributed by atoms with Gasteiger partial charge < -0.3 is 15.0 Å². The molecule has 3 nitrogen and oxygen atoms in total. The van der Waals surface area contributed by atoms with Crippen LogP contribution in [0.15, 0.2) is 54.6 Å². The Bertz CT molecular complexity index is 683. The largest absolute Gasteiger partial charge is 0.494 e. The van der Waals surface area contributed by atoms with Gasteiger partial charge in [-0.2, -0.15) is 0 Å². The van der Waals surface area contributed by atoms with Gasteiger partial charge in [0.05, 0.1) is 6.61 Å². The number of nitrogens with zero attached hydrogens (tertiary/aromatic N) is 1. The van der Waals surface area contributed by atoms with Crippen LogP contribution in [0, 0.1) is 5.92 Å². The zero-order chi connectivity index (χ0) is 17.6. The van der Waals surface area contributed by atoms with E-state index in [1.165, 1.54) is 18.4 Å². The lowest BCUT2D eigenvalue weighted by molar-refractivity contribution is 0.298. The summed E-state index contributed by atoms with van der Waals surface area (Å²) in [4.78, 5) is 2.32. The van der Waals surface area contributed by atoms with Gasteiger partial charge in [0.1, 0.15) is 5.75 Å². The molecular formula is C21H26N2OS. The van der Waals surface area contributed by atoms with Gasteiger partial charge in [-0.05, 0) is 74.7 Å². The third-order valence-corrected chi connectivity index (χ3v) is 5.01. The van der Waals surface area contributed by atoms with E-state index in [1.807, 2.05) is 31.2 Å². The SMILES string of the molecule is CCOc1ccc(NC(=S)N(Cc2ccccc2)[C@@H](C)C2CC2)cc1. The lowest BCUT2D eigenvalue weighted by atomic mass is 10.1. The fourth-order valence-corrected chi connectivity index (χ4v) is 3.36. The van der Waals surface area contributed by atoms with Crippen LogP contribution in [0.5, 0.6) is 5.75 Å². The molecule has 0 aliphatic heterocycles. The van der Waals surface area contributed by atoms with Crippen LogP contribution in [0.1, 0.15) is 32.3 Å². The molecule has 0 bridgehead atoms. The van der Waals surface area contributed by atoms with Gasteiger partial charge >= 0.3 is 0 Å². The van der Waals surface area contributed by atoms with Gasteiger partial charge in [-0.3, -0.25) is 0 Å². The Labute approximate surface area is 156 Å². The molecule has 132 valence electrons. The smallest absolute Gasteiger partial charge is 0.173 e. The van der Waals surface area contributed by atoms with Crippen molar-refractivity contribution in [3.63, 3.8) is 0 Å². The fourth-order valence-electron chi connectivity index (χ4n) is 3.01. The van der Waals surface area contributed by atoms with Crippen molar-refractivity contribution in [3.8, 4) is 5.75 Å². The standard InChI is InChI=1S/C21H26N2OS/c1-3-24-20-13-11-19(12-14-20)22-21(25)23(16(2)18-9-10-18)15-17-7-5-4-6-8-17/h4-8,11-14,16,18H,3,9-10,15H2,1-2H3,(H,22,25)/t16-/m0/s1. The molecule has 0 aromatic heterocycles. The maximum Gasteiger partial charge on any atom is 0.173 e. The minimum absolute atomic E-state index is 0.447. The van der Waals surface area contributed by atoms with Gasteiger partial charge in [-0.1, -0.05) is 30.3 Å². The second kappa shape index (κ2) is 8.34. The lowest BCUT2D eigenvalue weighted by Crippen LogP contribution is -2.41. The molecule has 0 unspecified atom stereocenters. The van der Waals surface area contributed by atoms with E-state index in [-0.39, 0.29) is 0 Å². The monoisotopic (exact) mass is 354 g/mol. The number of nitrogens with one attached hydrogen (secondary N) is 1. The summed E-state index contributed by atoms with van der Waals surface area (Å²) >= 11 is 5.75. The third kappa shape index (κ3) is 4.95. The van der Waals surface area contributed by atoms with E-state index in [1.54, 1.807) is 0 Å². The number of hydrogen-bond acceptors (Lipinski definition) is 2. The first-order chi connectivity index (χ1) is 12.2. The topological polar surface area (TPSA) is 24.5 Å². The van der Waals surface area contributed by atoms with Crippen LogP contribution in [0.25, 0.3) is 0 Å². The van der Waals surface area contributed by atoms with Gasteiger partial charge in [0.2, 0.25) is 0 Å². The van der Waals surface area contributed by atoms with E-state index in [0.29, 0.717) is 12.6 Å².